The fourth-order valence-electron chi connectivity index (χ4n) is 10.3. The topological polar surface area (TPSA) is 126 Å². The molecule has 0 aromatic carbocycles. The number of unbranched alkanes of at least 4 members (excludes halogenated alkanes) is 5. The second kappa shape index (κ2) is 26.8. The highest BCUT2D eigenvalue weighted by Crippen LogP contribution is 2.58. The molecule has 0 radical (unpaired) electrons. The third kappa shape index (κ3) is 15.4. The number of nitrogens with zero attached hydrogens (tertiary/aromatic N) is 1. The Morgan fingerprint density at radius 1 is 0.852 bits per heavy atom. The SMILES string of the molecule is C=CC(=O)N(CCCCCCCC)CCC[C@@H](C)[C@H]1CC[C@@H](C)[C@]1(C)[C@H](C[C@@H](C)[C@@]1(C)CC[C@@H](OCCCN)CC1C[C@H](C)OCCCN)OCCCN. The smallest absolute Gasteiger partial charge is 0.245 e. The van der Waals surface area contributed by atoms with Crippen LogP contribution < -0.4 is 17.2 Å². The van der Waals surface area contributed by atoms with Crippen LogP contribution in [0.25, 0.3) is 0 Å². The molecule has 2 saturated carbocycles. The van der Waals surface area contributed by atoms with Gasteiger partial charge in [0, 0.05) is 32.9 Å². The van der Waals surface area contributed by atoms with E-state index in [0.717, 1.165) is 104 Å². The van der Waals surface area contributed by atoms with Gasteiger partial charge in [-0.05, 0) is 157 Å². The summed E-state index contributed by atoms with van der Waals surface area (Å²) in [4.78, 5) is 14.9. The van der Waals surface area contributed by atoms with Crippen molar-refractivity contribution in [3.63, 3.8) is 0 Å². The van der Waals surface area contributed by atoms with E-state index >= 15 is 0 Å². The molecule has 2 rings (SSSR count). The summed E-state index contributed by atoms with van der Waals surface area (Å²) >= 11 is 0. The lowest BCUT2D eigenvalue weighted by Gasteiger charge is -2.52. The van der Waals surface area contributed by atoms with Gasteiger partial charge >= 0.3 is 0 Å². The quantitative estimate of drug-likeness (QED) is 0.0475. The molecule has 6 N–H and O–H groups in total. The van der Waals surface area contributed by atoms with E-state index in [1.165, 1.54) is 51.0 Å². The van der Waals surface area contributed by atoms with Crippen molar-refractivity contribution in [3.05, 3.63) is 12.7 Å². The van der Waals surface area contributed by atoms with Crippen molar-refractivity contribution in [2.75, 3.05) is 52.5 Å². The average Bonchev–Trinajstić information content (AvgIpc) is 3.46. The van der Waals surface area contributed by atoms with Gasteiger partial charge in [-0.3, -0.25) is 4.79 Å². The Kier molecular flexibility index (Phi) is 24.4. The molecule has 54 heavy (non-hydrogen) atoms. The van der Waals surface area contributed by atoms with Crippen LogP contribution in [-0.4, -0.2) is 81.7 Å². The second-order valence-corrected chi connectivity index (χ2v) is 18.2. The maximum absolute atomic E-state index is 12.8. The minimum Gasteiger partial charge on any atom is -0.378 e. The number of amides is 1. The lowest BCUT2D eigenvalue weighted by Crippen LogP contribution is -2.48. The van der Waals surface area contributed by atoms with Crippen LogP contribution in [0.1, 0.15) is 164 Å². The lowest BCUT2D eigenvalue weighted by molar-refractivity contribution is -0.126. The fourth-order valence-corrected chi connectivity index (χ4v) is 10.3. The molecule has 0 aromatic heterocycles. The molecule has 0 heterocycles. The summed E-state index contributed by atoms with van der Waals surface area (Å²) in [5, 5.41) is 0. The van der Waals surface area contributed by atoms with Gasteiger partial charge in [0.2, 0.25) is 5.91 Å². The zero-order valence-electron chi connectivity index (χ0n) is 36.6. The normalized spacial score (nSPS) is 28.1. The fraction of sp³-hybridized carbons (Fsp3) is 0.935. The Labute approximate surface area is 334 Å². The van der Waals surface area contributed by atoms with Crippen LogP contribution in [-0.2, 0) is 19.0 Å². The summed E-state index contributed by atoms with van der Waals surface area (Å²) in [5.41, 5.74) is 17.9. The van der Waals surface area contributed by atoms with Crippen molar-refractivity contribution >= 4 is 5.91 Å². The second-order valence-electron chi connectivity index (χ2n) is 18.2. The van der Waals surface area contributed by atoms with Gasteiger partial charge in [0.15, 0.2) is 0 Å². The van der Waals surface area contributed by atoms with E-state index in [1.807, 2.05) is 0 Å². The van der Waals surface area contributed by atoms with E-state index in [0.29, 0.717) is 49.2 Å². The summed E-state index contributed by atoms with van der Waals surface area (Å²) in [7, 11) is 0. The molecule has 10 atom stereocenters. The van der Waals surface area contributed by atoms with Crippen molar-refractivity contribution in [2.45, 2.75) is 182 Å². The van der Waals surface area contributed by atoms with Gasteiger partial charge in [-0.1, -0.05) is 80.2 Å². The third-order valence-corrected chi connectivity index (χ3v) is 14.4. The summed E-state index contributed by atoms with van der Waals surface area (Å²) in [6.07, 6.45) is 22.3. The van der Waals surface area contributed by atoms with Crippen LogP contribution in [0.15, 0.2) is 12.7 Å². The molecule has 2 aliphatic rings. The molecule has 1 amide bonds. The molecule has 0 bridgehead atoms. The highest BCUT2D eigenvalue weighted by atomic mass is 16.5. The van der Waals surface area contributed by atoms with Gasteiger partial charge in [-0.25, -0.2) is 0 Å². The lowest BCUT2D eigenvalue weighted by atomic mass is 9.56. The summed E-state index contributed by atoms with van der Waals surface area (Å²) in [5.74, 6) is 2.78. The standard InChI is InChI=1S/C46H90N4O4/c1-9-11-12-13-14-15-28-50(44(51)10-2)29-16-20-36(3)42-22-21-37(4)46(42,8)43(54-32-19-27-49)33-38(5)45(7)24-23-41(53-31-18-26-48)35-40(45)34-39(6)52-30-17-25-47/h10,36-43H,2,9,11-35,47-49H2,1,3-8H3/t36-,37-,38-,39+,40?,41-,42-,43+,45-,46+/m1/s1. The Morgan fingerprint density at radius 2 is 1.48 bits per heavy atom. The van der Waals surface area contributed by atoms with Crippen molar-refractivity contribution < 1.29 is 19.0 Å². The van der Waals surface area contributed by atoms with Crippen LogP contribution in [0.5, 0.6) is 0 Å². The zero-order chi connectivity index (χ0) is 40.0. The molecule has 2 aliphatic carbocycles. The predicted molar refractivity (Wildman–Crippen MR) is 228 cm³/mol. The van der Waals surface area contributed by atoms with Crippen molar-refractivity contribution in [1.82, 2.24) is 4.90 Å². The number of rotatable bonds is 31. The molecular weight excluding hydrogens is 673 g/mol. The van der Waals surface area contributed by atoms with Gasteiger partial charge in [-0.15, -0.1) is 0 Å². The van der Waals surface area contributed by atoms with Gasteiger partial charge in [0.1, 0.15) is 0 Å². The molecular formula is C46H90N4O4. The third-order valence-electron chi connectivity index (χ3n) is 14.4. The highest BCUT2D eigenvalue weighted by Gasteiger charge is 2.53. The van der Waals surface area contributed by atoms with E-state index in [9.17, 15) is 4.79 Å². The number of carbonyl (C=O) groups is 1. The van der Waals surface area contributed by atoms with E-state index in [2.05, 4.69) is 59.9 Å². The number of hydrogen-bond donors (Lipinski definition) is 3. The van der Waals surface area contributed by atoms with Crippen molar-refractivity contribution in [2.24, 2.45) is 57.6 Å². The largest absolute Gasteiger partial charge is 0.378 e. The first-order chi connectivity index (χ1) is 25.9. The van der Waals surface area contributed by atoms with Gasteiger partial charge in [0.25, 0.3) is 0 Å². The molecule has 0 aliphatic heterocycles. The van der Waals surface area contributed by atoms with E-state index < -0.39 is 0 Å². The van der Waals surface area contributed by atoms with Crippen LogP contribution in [0.3, 0.4) is 0 Å². The molecule has 0 aromatic rings. The Hall–Kier alpha value is -1.03. The van der Waals surface area contributed by atoms with Crippen LogP contribution in [0.2, 0.25) is 0 Å². The van der Waals surface area contributed by atoms with Gasteiger partial charge in [0.05, 0.1) is 18.3 Å². The first-order valence-electron chi connectivity index (χ1n) is 22.8. The monoisotopic (exact) mass is 763 g/mol. The Balaban J connectivity index is 2.22. The Morgan fingerprint density at radius 3 is 2.15 bits per heavy atom. The maximum Gasteiger partial charge on any atom is 0.245 e. The zero-order valence-corrected chi connectivity index (χ0v) is 36.6. The summed E-state index contributed by atoms with van der Waals surface area (Å²) < 4.78 is 19.7. The number of carbonyl (C=O) groups excluding carboxylic acids is 1. The van der Waals surface area contributed by atoms with Crippen LogP contribution in [0.4, 0.5) is 0 Å². The molecule has 8 nitrogen and oxygen atoms in total. The molecule has 8 heteroatoms. The first-order valence-corrected chi connectivity index (χ1v) is 22.8. The maximum atomic E-state index is 12.8. The molecule has 2 fully saturated rings. The van der Waals surface area contributed by atoms with Crippen LogP contribution >= 0.6 is 0 Å². The first kappa shape index (κ1) is 49.1. The number of ether oxygens (including phenoxy) is 3. The Bertz CT molecular complexity index is 998. The van der Waals surface area contributed by atoms with E-state index in [4.69, 9.17) is 31.4 Å². The number of nitrogens with two attached hydrogens (primary N) is 3. The van der Waals surface area contributed by atoms with Gasteiger partial charge in [-0.2, -0.15) is 0 Å². The average molecular weight is 763 g/mol. The predicted octanol–water partition coefficient (Wildman–Crippen LogP) is 9.27. The summed E-state index contributed by atoms with van der Waals surface area (Å²) in [6.45, 7) is 26.8. The van der Waals surface area contributed by atoms with Gasteiger partial charge < -0.3 is 36.3 Å². The van der Waals surface area contributed by atoms with Crippen LogP contribution in [0, 0.1) is 40.4 Å². The number of hydrogen-bond acceptors (Lipinski definition) is 7. The molecule has 318 valence electrons. The molecule has 0 spiro atoms. The molecule has 0 saturated heterocycles. The highest BCUT2D eigenvalue weighted by molar-refractivity contribution is 5.86. The molecule has 1 unspecified atom stereocenters. The van der Waals surface area contributed by atoms with E-state index in [-0.39, 0.29) is 35.0 Å². The summed E-state index contributed by atoms with van der Waals surface area (Å²) in [6, 6.07) is 0. The van der Waals surface area contributed by atoms with E-state index in [1.54, 1.807) is 0 Å². The van der Waals surface area contributed by atoms with Crippen molar-refractivity contribution in [3.8, 4) is 0 Å². The minimum absolute atomic E-state index is 0.0738. The van der Waals surface area contributed by atoms with Crippen molar-refractivity contribution in [1.29, 1.82) is 0 Å². The minimum atomic E-state index is 0.0738.